The monoisotopic (exact) mass is 322 g/mol. The summed E-state index contributed by atoms with van der Waals surface area (Å²) in [6, 6.07) is 5.75. The zero-order chi connectivity index (χ0) is 16.0. The van der Waals surface area contributed by atoms with Crippen molar-refractivity contribution in [1.29, 1.82) is 0 Å². The Kier molecular flexibility index (Phi) is 11.4. The summed E-state index contributed by atoms with van der Waals surface area (Å²) in [7, 11) is 0. The average Bonchev–Trinajstić information content (AvgIpc) is 2.50. The molecule has 0 heterocycles. The highest BCUT2D eigenvalue weighted by Crippen LogP contribution is 2.18. The molecule has 0 unspecified atom stereocenters. The van der Waals surface area contributed by atoms with Gasteiger partial charge in [-0.25, -0.2) is 0 Å². The Morgan fingerprint density at radius 1 is 0.818 bits per heavy atom. The third-order valence-electron chi connectivity index (χ3n) is 4.37. The Morgan fingerprint density at radius 2 is 1.36 bits per heavy atom. The number of phenols is 1. The molecule has 0 saturated carbocycles. The number of hydrogen-bond acceptors (Lipinski definition) is 2. The molecule has 0 aliphatic heterocycles. The summed E-state index contributed by atoms with van der Waals surface area (Å²) in [5, 5.41) is 9.41. The minimum atomic E-state index is 0.384. The summed E-state index contributed by atoms with van der Waals surface area (Å²) in [5.74, 6) is 1.72. The van der Waals surface area contributed by atoms with Crippen LogP contribution in [-0.4, -0.2) is 17.1 Å². The third-order valence-corrected chi connectivity index (χ3v) is 5.07. The predicted octanol–water partition coefficient (Wildman–Crippen LogP) is 6.51. The van der Waals surface area contributed by atoms with Gasteiger partial charge in [-0.3, -0.25) is 0 Å². The molecule has 0 aliphatic rings. The van der Waals surface area contributed by atoms with E-state index in [0.717, 1.165) is 6.42 Å². The topological polar surface area (TPSA) is 20.2 Å². The average molecular weight is 323 g/mol. The molecule has 1 nitrogen and oxygen atoms in total. The molecule has 0 bridgehead atoms. The molecule has 0 atom stereocenters. The van der Waals surface area contributed by atoms with Crippen molar-refractivity contribution in [2.45, 2.75) is 77.6 Å². The molecule has 0 saturated heterocycles. The molecule has 1 aromatic carbocycles. The van der Waals surface area contributed by atoms with Gasteiger partial charge in [-0.05, 0) is 61.5 Å². The van der Waals surface area contributed by atoms with Gasteiger partial charge < -0.3 is 5.11 Å². The first-order valence-corrected chi connectivity index (χ1v) is 10.4. The molecule has 126 valence electrons. The van der Waals surface area contributed by atoms with Crippen molar-refractivity contribution in [2.75, 3.05) is 12.0 Å². The van der Waals surface area contributed by atoms with Crippen molar-refractivity contribution in [3.05, 3.63) is 29.3 Å². The van der Waals surface area contributed by atoms with Gasteiger partial charge >= 0.3 is 0 Å². The Morgan fingerprint density at radius 3 is 1.91 bits per heavy atom. The van der Waals surface area contributed by atoms with Gasteiger partial charge in [0, 0.05) is 0 Å². The Labute approximate surface area is 141 Å². The van der Waals surface area contributed by atoms with E-state index in [4.69, 9.17) is 0 Å². The van der Waals surface area contributed by atoms with Crippen LogP contribution >= 0.6 is 11.8 Å². The second-order valence-electron chi connectivity index (χ2n) is 6.39. The maximum Gasteiger partial charge on any atom is 0.115 e. The van der Waals surface area contributed by atoms with Crippen molar-refractivity contribution in [2.24, 2.45) is 0 Å². The summed E-state index contributed by atoms with van der Waals surface area (Å²) in [5.41, 5.74) is 2.62. The Bertz CT molecular complexity index is 389. The van der Waals surface area contributed by atoms with Crippen LogP contribution in [0.25, 0.3) is 0 Å². The number of unbranched alkanes of at least 4 members (excludes halogenated alkanes) is 9. The normalized spacial score (nSPS) is 11.0. The standard InChI is InChI=1S/C20H34OS/c1-18-17-20(21)15-14-19(18)13-11-9-7-5-3-4-6-8-10-12-16-22-2/h14-15,17,21H,3-13,16H2,1-2H3. The molecular weight excluding hydrogens is 288 g/mol. The molecule has 1 aromatic rings. The fourth-order valence-electron chi connectivity index (χ4n) is 2.94. The van der Waals surface area contributed by atoms with Gasteiger partial charge in [-0.2, -0.15) is 11.8 Å². The van der Waals surface area contributed by atoms with E-state index < -0.39 is 0 Å². The largest absolute Gasteiger partial charge is 0.508 e. The van der Waals surface area contributed by atoms with E-state index in [1.165, 1.54) is 81.1 Å². The highest BCUT2D eigenvalue weighted by molar-refractivity contribution is 7.98. The summed E-state index contributed by atoms with van der Waals surface area (Å²) in [6.45, 7) is 2.09. The molecule has 1 N–H and O–H groups in total. The molecule has 0 amide bonds. The second-order valence-corrected chi connectivity index (χ2v) is 7.37. The number of hydrogen-bond donors (Lipinski definition) is 1. The van der Waals surface area contributed by atoms with Crippen LogP contribution in [0, 0.1) is 6.92 Å². The summed E-state index contributed by atoms with van der Waals surface area (Å²) >= 11 is 1.97. The van der Waals surface area contributed by atoms with E-state index >= 15 is 0 Å². The van der Waals surface area contributed by atoms with E-state index in [1.807, 2.05) is 23.9 Å². The lowest BCUT2D eigenvalue weighted by Gasteiger charge is -2.06. The van der Waals surface area contributed by atoms with Crippen molar-refractivity contribution in [3.8, 4) is 5.75 Å². The van der Waals surface area contributed by atoms with Crippen molar-refractivity contribution >= 4 is 11.8 Å². The molecule has 0 radical (unpaired) electrons. The van der Waals surface area contributed by atoms with Crippen LogP contribution in [-0.2, 0) is 6.42 Å². The van der Waals surface area contributed by atoms with E-state index in [1.54, 1.807) is 0 Å². The molecule has 22 heavy (non-hydrogen) atoms. The Balaban J connectivity index is 1.89. The zero-order valence-electron chi connectivity index (χ0n) is 14.6. The quantitative estimate of drug-likeness (QED) is 0.418. The highest BCUT2D eigenvalue weighted by atomic mass is 32.2. The minimum absolute atomic E-state index is 0.384. The maximum absolute atomic E-state index is 9.41. The molecule has 2 heteroatoms. The van der Waals surface area contributed by atoms with E-state index in [0.29, 0.717) is 5.75 Å². The fourth-order valence-corrected chi connectivity index (χ4v) is 3.43. The first-order valence-electron chi connectivity index (χ1n) is 9.01. The molecular formula is C20H34OS. The van der Waals surface area contributed by atoms with E-state index in [2.05, 4.69) is 19.2 Å². The fraction of sp³-hybridized carbons (Fsp3) is 0.700. The van der Waals surface area contributed by atoms with E-state index in [9.17, 15) is 5.11 Å². The number of aryl methyl sites for hydroxylation is 2. The molecule has 0 spiro atoms. The highest BCUT2D eigenvalue weighted by Gasteiger charge is 2.00. The number of benzene rings is 1. The number of thioether (sulfide) groups is 1. The Hall–Kier alpha value is -0.630. The first-order chi connectivity index (χ1) is 10.7. The van der Waals surface area contributed by atoms with Crippen LogP contribution in [0.4, 0.5) is 0 Å². The lowest BCUT2D eigenvalue weighted by atomic mass is 10.0. The number of rotatable bonds is 13. The molecule has 0 fully saturated rings. The number of phenolic OH excluding ortho intramolecular Hbond substituents is 1. The van der Waals surface area contributed by atoms with Gasteiger partial charge in [-0.1, -0.05) is 57.4 Å². The van der Waals surface area contributed by atoms with Gasteiger partial charge in [-0.15, -0.1) is 0 Å². The van der Waals surface area contributed by atoms with Gasteiger partial charge in [0.1, 0.15) is 5.75 Å². The SMILES string of the molecule is CSCCCCCCCCCCCCc1ccc(O)cc1C. The molecule has 1 rings (SSSR count). The lowest BCUT2D eigenvalue weighted by molar-refractivity contribution is 0.474. The maximum atomic E-state index is 9.41. The summed E-state index contributed by atoms with van der Waals surface area (Å²) in [4.78, 5) is 0. The number of aromatic hydroxyl groups is 1. The smallest absolute Gasteiger partial charge is 0.115 e. The second kappa shape index (κ2) is 12.9. The van der Waals surface area contributed by atoms with Gasteiger partial charge in [0.05, 0.1) is 0 Å². The van der Waals surface area contributed by atoms with Gasteiger partial charge in [0.25, 0.3) is 0 Å². The molecule has 0 aliphatic carbocycles. The summed E-state index contributed by atoms with van der Waals surface area (Å²) < 4.78 is 0. The first kappa shape index (κ1) is 19.4. The van der Waals surface area contributed by atoms with Crippen molar-refractivity contribution in [3.63, 3.8) is 0 Å². The van der Waals surface area contributed by atoms with Crippen LogP contribution in [0.3, 0.4) is 0 Å². The lowest BCUT2D eigenvalue weighted by Crippen LogP contribution is -1.90. The third kappa shape index (κ3) is 9.40. The van der Waals surface area contributed by atoms with Crippen LogP contribution < -0.4 is 0 Å². The minimum Gasteiger partial charge on any atom is -0.508 e. The van der Waals surface area contributed by atoms with Crippen molar-refractivity contribution < 1.29 is 5.11 Å². The zero-order valence-corrected chi connectivity index (χ0v) is 15.4. The van der Waals surface area contributed by atoms with Crippen LogP contribution in [0.15, 0.2) is 18.2 Å². The van der Waals surface area contributed by atoms with Gasteiger partial charge in [0.2, 0.25) is 0 Å². The van der Waals surface area contributed by atoms with Crippen LogP contribution in [0.5, 0.6) is 5.75 Å². The van der Waals surface area contributed by atoms with Crippen molar-refractivity contribution in [1.82, 2.24) is 0 Å². The van der Waals surface area contributed by atoms with Crippen LogP contribution in [0.2, 0.25) is 0 Å². The van der Waals surface area contributed by atoms with E-state index in [-0.39, 0.29) is 0 Å². The molecule has 0 aromatic heterocycles. The summed E-state index contributed by atoms with van der Waals surface area (Å²) in [6.07, 6.45) is 17.3. The predicted molar refractivity (Wildman–Crippen MR) is 101 cm³/mol. The van der Waals surface area contributed by atoms with Crippen LogP contribution in [0.1, 0.15) is 75.3 Å². The van der Waals surface area contributed by atoms with Gasteiger partial charge in [0.15, 0.2) is 0 Å².